The molecule has 2 aromatic carbocycles. The summed E-state index contributed by atoms with van der Waals surface area (Å²) < 4.78 is 5.48. The monoisotopic (exact) mass is 420 g/mol. The van der Waals surface area contributed by atoms with E-state index < -0.39 is 17.7 Å². The van der Waals surface area contributed by atoms with Gasteiger partial charge in [-0.15, -0.1) is 0 Å². The highest BCUT2D eigenvalue weighted by Gasteiger charge is 2.45. The van der Waals surface area contributed by atoms with Gasteiger partial charge < -0.3 is 19.6 Å². The SMILES string of the molecule is C=CCOc1ccc(/C(O)=C2\C(=O)C(=O)N(CCCN(C)C)C2c2ccccc2)cc1. The Labute approximate surface area is 183 Å². The number of carbonyl (C=O) groups is 2. The van der Waals surface area contributed by atoms with Crippen molar-refractivity contribution in [2.24, 2.45) is 0 Å². The van der Waals surface area contributed by atoms with Crippen molar-refractivity contribution < 1.29 is 19.4 Å². The fourth-order valence-electron chi connectivity index (χ4n) is 3.67. The first-order valence-corrected chi connectivity index (χ1v) is 10.3. The van der Waals surface area contributed by atoms with Gasteiger partial charge in [-0.25, -0.2) is 0 Å². The van der Waals surface area contributed by atoms with Crippen molar-refractivity contribution in [2.45, 2.75) is 12.5 Å². The molecule has 1 atom stereocenters. The number of aliphatic hydroxyl groups excluding tert-OH is 1. The maximum atomic E-state index is 13.0. The zero-order valence-corrected chi connectivity index (χ0v) is 18.0. The van der Waals surface area contributed by atoms with E-state index >= 15 is 0 Å². The van der Waals surface area contributed by atoms with Crippen molar-refractivity contribution in [1.82, 2.24) is 9.80 Å². The maximum absolute atomic E-state index is 13.0. The molecule has 0 saturated carbocycles. The largest absolute Gasteiger partial charge is 0.507 e. The fourth-order valence-corrected chi connectivity index (χ4v) is 3.67. The number of hydrogen-bond acceptors (Lipinski definition) is 5. The quantitative estimate of drug-likeness (QED) is 0.290. The molecule has 1 aliphatic heterocycles. The highest BCUT2D eigenvalue weighted by atomic mass is 16.5. The van der Waals surface area contributed by atoms with E-state index in [4.69, 9.17) is 4.74 Å². The van der Waals surface area contributed by atoms with Crippen molar-refractivity contribution in [2.75, 3.05) is 33.8 Å². The van der Waals surface area contributed by atoms with Gasteiger partial charge in [0.1, 0.15) is 18.1 Å². The third kappa shape index (κ3) is 5.03. The highest BCUT2D eigenvalue weighted by Crippen LogP contribution is 2.39. The van der Waals surface area contributed by atoms with E-state index in [9.17, 15) is 14.7 Å². The van der Waals surface area contributed by atoms with Gasteiger partial charge in [-0.2, -0.15) is 0 Å². The molecule has 0 aromatic heterocycles. The molecular weight excluding hydrogens is 392 g/mol. The molecule has 162 valence electrons. The van der Waals surface area contributed by atoms with Crippen molar-refractivity contribution in [3.05, 3.63) is 84.0 Å². The van der Waals surface area contributed by atoms with E-state index in [0.29, 0.717) is 24.5 Å². The first-order valence-electron chi connectivity index (χ1n) is 10.3. The molecule has 2 aromatic rings. The summed E-state index contributed by atoms with van der Waals surface area (Å²) in [7, 11) is 3.93. The van der Waals surface area contributed by atoms with Crippen LogP contribution in [-0.4, -0.2) is 60.4 Å². The number of carbonyl (C=O) groups excluding carboxylic acids is 2. The number of ketones is 1. The predicted molar refractivity (Wildman–Crippen MR) is 121 cm³/mol. The van der Waals surface area contributed by atoms with Crippen LogP contribution >= 0.6 is 0 Å². The number of hydrogen-bond donors (Lipinski definition) is 1. The van der Waals surface area contributed by atoms with E-state index in [0.717, 1.165) is 18.5 Å². The Morgan fingerprint density at radius 2 is 1.81 bits per heavy atom. The van der Waals surface area contributed by atoms with Gasteiger partial charge in [-0.1, -0.05) is 43.0 Å². The maximum Gasteiger partial charge on any atom is 0.295 e. The summed E-state index contributed by atoms with van der Waals surface area (Å²) >= 11 is 0. The molecule has 1 amide bonds. The Hall–Kier alpha value is -3.38. The number of amides is 1. The number of nitrogens with zero attached hydrogens (tertiary/aromatic N) is 2. The average molecular weight is 421 g/mol. The normalized spacial score (nSPS) is 17.9. The summed E-state index contributed by atoms with van der Waals surface area (Å²) in [4.78, 5) is 29.4. The Balaban J connectivity index is 2.00. The number of benzene rings is 2. The van der Waals surface area contributed by atoms with E-state index in [1.807, 2.05) is 49.3 Å². The number of rotatable bonds is 9. The van der Waals surface area contributed by atoms with Crippen LogP contribution in [-0.2, 0) is 9.59 Å². The van der Waals surface area contributed by atoms with Gasteiger partial charge in [-0.05, 0) is 56.9 Å². The third-order valence-corrected chi connectivity index (χ3v) is 5.16. The van der Waals surface area contributed by atoms with Crippen LogP contribution in [0.4, 0.5) is 0 Å². The van der Waals surface area contributed by atoms with Gasteiger partial charge in [0, 0.05) is 12.1 Å². The van der Waals surface area contributed by atoms with Crippen LogP contribution in [0.25, 0.3) is 5.76 Å². The second-order valence-corrected chi connectivity index (χ2v) is 7.68. The molecule has 6 nitrogen and oxygen atoms in total. The Kier molecular flexibility index (Phi) is 7.26. The molecule has 6 heteroatoms. The Morgan fingerprint density at radius 1 is 1.13 bits per heavy atom. The molecule has 1 aliphatic rings. The standard InChI is InChI=1S/C25H28N2O4/c1-4-17-31-20-13-11-19(12-14-20)23(28)21-22(18-9-6-5-7-10-18)27(25(30)24(21)29)16-8-15-26(2)3/h4-7,9-14,22,28H,1,8,15-17H2,2-3H3/b23-21+. The topological polar surface area (TPSA) is 70.1 Å². The molecule has 0 bridgehead atoms. The summed E-state index contributed by atoms with van der Waals surface area (Å²) in [5.41, 5.74) is 1.36. The summed E-state index contributed by atoms with van der Waals surface area (Å²) in [5.74, 6) is -0.805. The van der Waals surface area contributed by atoms with Crippen LogP contribution in [0.15, 0.2) is 72.8 Å². The van der Waals surface area contributed by atoms with Crippen molar-refractivity contribution in [1.29, 1.82) is 0 Å². The molecule has 1 heterocycles. The minimum absolute atomic E-state index is 0.112. The minimum atomic E-state index is -0.664. The lowest BCUT2D eigenvalue weighted by Crippen LogP contribution is -2.32. The fraction of sp³-hybridized carbons (Fsp3) is 0.280. The van der Waals surface area contributed by atoms with Crippen LogP contribution in [0.5, 0.6) is 5.75 Å². The van der Waals surface area contributed by atoms with Crippen LogP contribution in [0.1, 0.15) is 23.6 Å². The first kappa shape index (κ1) is 22.3. The molecule has 0 radical (unpaired) electrons. The Morgan fingerprint density at radius 3 is 2.42 bits per heavy atom. The zero-order chi connectivity index (χ0) is 22.4. The van der Waals surface area contributed by atoms with E-state index in [1.165, 1.54) is 0 Å². The minimum Gasteiger partial charge on any atom is -0.507 e. The lowest BCUT2D eigenvalue weighted by molar-refractivity contribution is -0.139. The van der Waals surface area contributed by atoms with Crippen molar-refractivity contribution >= 4 is 17.4 Å². The van der Waals surface area contributed by atoms with Gasteiger partial charge in [0.25, 0.3) is 11.7 Å². The molecule has 1 saturated heterocycles. The number of likely N-dealkylation sites (tertiary alicyclic amines) is 1. The lowest BCUT2D eigenvalue weighted by atomic mass is 9.95. The first-order chi connectivity index (χ1) is 14.9. The van der Waals surface area contributed by atoms with Crippen LogP contribution in [0.2, 0.25) is 0 Å². The second kappa shape index (κ2) is 10.1. The van der Waals surface area contributed by atoms with Crippen LogP contribution < -0.4 is 4.74 Å². The highest BCUT2D eigenvalue weighted by molar-refractivity contribution is 6.46. The number of aliphatic hydroxyl groups is 1. The molecule has 1 N–H and O–H groups in total. The molecule has 1 fully saturated rings. The molecule has 1 unspecified atom stereocenters. The second-order valence-electron chi connectivity index (χ2n) is 7.68. The summed E-state index contributed by atoms with van der Waals surface area (Å²) in [6.45, 7) is 5.20. The summed E-state index contributed by atoms with van der Waals surface area (Å²) in [5, 5.41) is 11.1. The van der Waals surface area contributed by atoms with Gasteiger partial charge in [-0.3, -0.25) is 9.59 Å². The van der Waals surface area contributed by atoms with Gasteiger partial charge in [0.2, 0.25) is 0 Å². The molecule has 0 spiro atoms. The van der Waals surface area contributed by atoms with Crippen molar-refractivity contribution in [3.63, 3.8) is 0 Å². The van der Waals surface area contributed by atoms with E-state index in [-0.39, 0.29) is 11.3 Å². The predicted octanol–water partition coefficient (Wildman–Crippen LogP) is 3.62. The number of ether oxygens (including phenoxy) is 1. The van der Waals surface area contributed by atoms with Crippen LogP contribution in [0, 0.1) is 0 Å². The molecule has 31 heavy (non-hydrogen) atoms. The molecule has 3 rings (SSSR count). The smallest absolute Gasteiger partial charge is 0.295 e. The number of Topliss-reactive ketones (excluding diaryl/α,β-unsaturated/α-hetero) is 1. The third-order valence-electron chi connectivity index (χ3n) is 5.16. The van der Waals surface area contributed by atoms with E-state index in [2.05, 4.69) is 6.58 Å². The average Bonchev–Trinajstić information content (AvgIpc) is 3.03. The van der Waals surface area contributed by atoms with Crippen LogP contribution in [0.3, 0.4) is 0 Å². The molecular formula is C25H28N2O4. The van der Waals surface area contributed by atoms with Crippen molar-refractivity contribution in [3.8, 4) is 5.75 Å². The lowest BCUT2D eigenvalue weighted by Gasteiger charge is -2.26. The summed E-state index contributed by atoms with van der Waals surface area (Å²) in [6.07, 6.45) is 2.37. The van der Waals surface area contributed by atoms with Gasteiger partial charge >= 0.3 is 0 Å². The van der Waals surface area contributed by atoms with E-state index in [1.54, 1.807) is 35.2 Å². The molecule has 0 aliphatic carbocycles. The van der Waals surface area contributed by atoms with Gasteiger partial charge in [0.15, 0.2) is 0 Å². The Bertz CT molecular complexity index is 965. The zero-order valence-electron chi connectivity index (χ0n) is 18.0. The van der Waals surface area contributed by atoms with Gasteiger partial charge in [0.05, 0.1) is 11.6 Å². The summed E-state index contributed by atoms with van der Waals surface area (Å²) in [6, 6.07) is 15.5.